The topological polar surface area (TPSA) is 134 Å². The fourth-order valence-corrected chi connectivity index (χ4v) is 4.30. The molecule has 1 saturated carbocycles. The van der Waals surface area contributed by atoms with Crippen molar-refractivity contribution in [3.8, 4) is 0 Å². The van der Waals surface area contributed by atoms with Gasteiger partial charge in [0, 0.05) is 12.3 Å². The number of nitrogens with one attached hydrogen (secondary N) is 3. The van der Waals surface area contributed by atoms with E-state index in [0.29, 0.717) is 0 Å². The van der Waals surface area contributed by atoms with Gasteiger partial charge in [-0.05, 0) is 25.0 Å². The number of para-hydroxylation sites is 1. The summed E-state index contributed by atoms with van der Waals surface area (Å²) in [5.74, 6) is -1.37. The maximum absolute atomic E-state index is 12.6. The van der Waals surface area contributed by atoms with Crippen molar-refractivity contribution in [2.75, 3.05) is 4.72 Å². The largest absolute Gasteiger partial charge is 0.349 e. The zero-order valence-electron chi connectivity index (χ0n) is 14.5. The predicted molar refractivity (Wildman–Crippen MR) is 99.1 cm³/mol. The maximum atomic E-state index is 12.6. The molecule has 1 aliphatic carbocycles. The van der Waals surface area contributed by atoms with Crippen LogP contribution in [0.3, 0.4) is 0 Å². The van der Waals surface area contributed by atoms with Gasteiger partial charge in [0.2, 0.25) is 10.0 Å². The SMILES string of the molecule is O=C1N=CC(S(=O)(=O)Nc2ccccc2C(=O)NC2CCCCC2)C(=O)N1. The lowest BCUT2D eigenvalue weighted by molar-refractivity contribution is -0.118. The smallest absolute Gasteiger partial charge is 0.347 e. The fraction of sp³-hybridized carbons (Fsp3) is 0.412. The monoisotopic (exact) mass is 392 g/mol. The van der Waals surface area contributed by atoms with Crippen molar-refractivity contribution in [1.82, 2.24) is 10.6 Å². The molecule has 1 atom stereocenters. The minimum Gasteiger partial charge on any atom is -0.349 e. The molecular formula is C17H20N4O5S. The van der Waals surface area contributed by atoms with E-state index in [-0.39, 0.29) is 23.2 Å². The zero-order valence-corrected chi connectivity index (χ0v) is 15.3. The number of hydrogen-bond donors (Lipinski definition) is 3. The Balaban J connectivity index is 1.79. The van der Waals surface area contributed by atoms with Crippen LogP contribution in [0, 0.1) is 0 Å². The average Bonchev–Trinajstić information content (AvgIpc) is 2.62. The van der Waals surface area contributed by atoms with Gasteiger partial charge in [-0.3, -0.25) is 19.6 Å². The van der Waals surface area contributed by atoms with Crippen LogP contribution in [0.1, 0.15) is 42.5 Å². The number of carbonyl (C=O) groups excluding carboxylic acids is 3. The van der Waals surface area contributed by atoms with Gasteiger partial charge in [0.1, 0.15) is 0 Å². The van der Waals surface area contributed by atoms with E-state index < -0.39 is 27.2 Å². The number of imide groups is 1. The molecule has 10 heteroatoms. The van der Waals surface area contributed by atoms with Crippen molar-refractivity contribution in [3.63, 3.8) is 0 Å². The Hall–Kier alpha value is -2.75. The van der Waals surface area contributed by atoms with Gasteiger partial charge in [-0.25, -0.2) is 18.2 Å². The molecule has 1 aromatic carbocycles. The third kappa shape index (κ3) is 4.51. The first-order chi connectivity index (χ1) is 12.9. The number of aliphatic imine (C=N–C) groups is 1. The molecule has 1 fully saturated rings. The fourth-order valence-electron chi connectivity index (χ4n) is 3.13. The molecule has 1 heterocycles. The van der Waals surface area contributed by atoms with Gasteiger partial charge in [0.15, 0.2) is 5.25 Å². The van der Waals surface area contributed by atoms with Gasteiger partial charge in [0.05, 0.1) is 11.3 Å². The predicted octanol–water partition coefficient (Wildman–Crippen LogP) is 1.18. The van der Waals surface area contributed by atoms with E-state index in [1.807, 2.05) is 5.32 Å². The molecule has 1 aromatic rings. The molecule has 3 rings (SSSR count). The third-order valence-corrected chi connectivity index (χ3v) is 6.02. The molecule has 9 nitrogen and oxygen atoms in total. The number of benzene rings is 1. The second-order valence-electron chi connectivity index (χ2n) is 6.49. The van der Waals surface area contributed by atoms with Crippen LogP contribution in [-0.4, -0.2) is 43.8 Å². The van der Waals surface area contributed by atoms with Crippen molar-refractivity contribution >= 4 is 39.8 Å². The van der Waals surface area contributed by atoms with Crippen LogP contribution in [0.2, 0.25) is 0 Å². The van der Waals surface area contributed by atoms with E-state index in [9.17, 15) is 22.8 Å². The second kappa shape index (κ2) is 7.87. The normalized spacial score (nSPS) is 20.8. The molecule has 3 N–H and O–H groups in total. The number of amides is 4. The number of sulfonamides is 1. The summed E-state index contributed by atoms with van der Waals surface area (Å²) in [6.45, 7) is 0. The van der Waals surface area contributed by atoms with Crippen LogP contribution in [-0.2, 0) is 14.8 Å². The average molecular weight is 392 g/mol. The van der Waals surface area contributed by atoms with Crippen molar-refractivity contribution in [3.05, 3.63) is 29.8 Å². The third-order valence-electron chi connectivity index (χ3n) is 4.51. The van der Waals surface area contributed by atoms with Gasteiger partial charge in [-0.1, -0.05) is 31.4 Å². The molecule has 27 heavy (non-hydrogen) atoms. The van der Waals surface area contributed by atoms with Gasteiger partial charge in [-0.15, -0.1) is 0 Å². The minimum absolute atomic E-state index is 0.0592. The molecule has 4 amide bonds. The summed E-state index contributed by atoms with van der Waals surface area (Å²) in [6.07, 6.45) is 5.81. The Morgan fingerprint density at radius 2 is 1.81 bits per heavy atom. The maximum Gasteiger partial charge on any atom is 0.347 e. The van der Waals surface area contributed by atoms with E-state index in [4.69, 9.17) is 0 Å². The highest BCUT2D eigenvalue weighted by Crippen LogP contribution is 2.21. The molecular weight excluding hydrogens is 372 g/mol. The van der Waals surface area contributed by atoms with Crippen molar-refractivity contribution in [2.24, 2.45) is 4.99 Å². The van der Waals surface area contributed by atoms with E-state index >= 15 is 0 Å². The van der Waals surface area contributed by atoms with E-state index in [1.54, 1.807) is 12.1 Å². The number of nitrogens with zero attached hydrogens (tertiary/aromatic N) is 1. The van der Waals surface area contributed by atoms with Crippen LogP contribution in [0.5, 0.6) is 0 Å². The molecule has 0 saturated heterocycles. The highest BCUT2D eigenvalue weighted by Gasteiger charge is 2.35. The van der Waals surface area contributed by atoms with E-state index in [0.717, 1.165) is 38.3 Å². The second-order valence-corrected chi connectivity index (χ2v) is 8.30. The summed E-state index contributed by atoms with van der Waals surface area (Å²) in [4.78, 5) is 38.8. The molecule has 144 valence electrons. The first-order valence-corrected chi connectivity index (χ1v) is 10.2. The first-order valence-electron chi connectivity index (χ1n) is 8.67. The Kier molecular flexibility index (Phi) is 5.54. The Bertz CT molecular complexity index is 890. The summed E-state index contributed by atoms with van der Waals surface area (Å²) in [7, 11) is -4.24. The molecule has 1 unspecified atom stereocenters. The van der Waals surface area contributed by atoms with Crippen LogP contribution >= 0.6 is 0 Å². The van der Waals surface area contributed by atoms with Gasteiger partial charge < -0.3 is 5.32 Å². The lowest BCUT2D eigenvalue weighted by Gasteiger charge is -2.23. The van der Waals surface area contributed by atoms with E-state index in [2.05, 4.69) is 15.0 Å². The molecule has 0 spiro atoms. The molecule has 0 aromatic heterocycles. The summed E-state index contributed by atoms with van der Waals surface area (Å²) in [5.41, 5.74) is 0.222. The highest BCUT2D eigenvalue weighted by molar-refractivity contribution is 7.94. The number of anilines is 1. The highest BCUT2D eigenvalue weighted by atomic mass is 32.2. The van der Waals surface area contributed by atoms with Gasteiger partial charge in [0.25, 0.3) is 11.8 Å². The van der Waals surface area contributed by atoms with Crippen molar-refractivity contribution < 1.29 is 22.8 Å². The first kappa shape index (κ1) is 19.0. The summed E-state index contributed by atoms with van der Waals surface area (Å²) in [5, 5.41) is 3.11. The standard InChI is InChI=1S/C17H20N4O5S/c22-15(19-11-6-2-1-3-7-11)12-8-4-5-9-13(12)21-27(25,26)14-10-18-17(24)20-16(14)23/h4-5,8-11,14,21H,1-3,6-7H2,(H,19,22)(H,20,23,24). The quantitative estimate of drug-likeness (QED) is 0.692. The van der Waals surface area contributed by atoms with Crippen LogP contribution in [0.4, 0.5) is 10.5 Å². The number of carbonyl (C=O) groups is 3. The van der Waals surface area contributed by atoms with Crippen molar-refractivity contribution in [1.29, 1.82) is 0 Å². The van der Waals surface area contributed by atoms with E-state index in [1.165, 1.54) is 12.1 Å². The molecule has 0 radical (unpaired) electrons. The van der Waals surface area contributed by atoms with Gasteiger partial charge >= 0.3 is 6.03 Å². The molecule has 2 aliphatic rings. The van der Waals surface area contributed by atoms with Gasteiger partial charge in [-0.2, -0.15) is 0 Å². The summed E-state index contributed by atoms with van der Waals surface area (Å²) in [6, 6.07) is 5.30. The summed E-state index contributed by atoms with van der Waals surface area (Å²) < 4.78 is 27.3. The van der Waals surface area contributed by atoms with Crippen LogP contribution < -0.4 is 15.4 Å². The lowest BCUT2D eigenvalue weighted by Crippen LogP contribution is -2.48. The number of hydrogen-bond acceptors (Lipinski definition) is 5. The molecule has 0 bridgehead atoms. The Morgan fingerprint density at radius 3 is 2.52 bits per heavy atom. The van der Waals surface area contributed by atoms with Crippen molar-refractivity contribution in [2.45, 2.75) is 43.4 Å². The lowest BCUT2D eigenvalue weighted by atomic mass is 9.95. The Labute approximate surface area is 156 Å². The Morgan fingerprint density at radius 1 is 1.11 bits per heavy atom. The zero-order chi connectivity index (χ0) is 19.4. The minimum atomic E-state index is -4.24. The summed E-state index contributed by atoms with van der Waals surface area (Å²) >= 11 is 0. The van der Waals surface area contributed by atoms with Crippen LogP contribution in [0.15, 0.2) is 29.3 Å². The van der Waals surface area contributed by atoms with Crippen LogP contribution in [0.25, 0.3) is 0 Å². The molecule has 1 aliphatic heterocycles. The number of urea groups is 1. The number of rotatable bonds is 5.